The number of rotatable bonds is 3. The molecule has 0 spiro atoms. The molecule has 16 heavy (non-hydrogen) atoms. The lowest BCUT2D eigenvalue weighted by atomic mass is 10.6. The normalized spacial score (nSPS) is 11.6. The van der Waals surface area contributed by atoms with Crippen LogP contribution in [-0.2, 0) is 17.1 Å². The summed E-state index contributed by atoms with van der Waals surface area (Å²) >= 11 is 4.46. The fourth-order valence-corrected chi connectivity index (χ4v) is 3.94. The molecule has 0 atom stereocenters. The second kappa shape index (κ2) is 4.15. The topological polar surface area (TPSA) is 76.9 Å². The molecule has 0 aliphatic carbocycles. The number of aromatic nitrogens is 3. The largest absolute Gasteiger partial charge is 0.281 e. The summed E-state index contributed by atoms with van der Waals surface area (Å²) in [6, 6.07) is 1.68. The van der Waals surface area contributed by atoms with E-state index in [0.29, 0.717) is 5.69 Å². The fourth-order valence-electron chi connectivity index (χ4n) is 1.13. The van der Waals surface area contributed by atoms with Crippen molar-refractivity contribution in [1.29, 1.82) is 0 Å². The lowest BCUT2D eigenvalue weighted by Gasteiger charge is -2.05. The third kappa shape index (κ3) is 2.11. The number of hydrogen-bond donors (Lipinski definition) is 1. The van der Waals surface area contributed by atoms with Gasteiger partial charge in [0.15, 0.2) is 4.60 Å². The molecule has 0 radical (unpaired) electrons. The van der Waals surface area contributed by atoms with E-state index in [-0.39, 0.29) is 9.63 Å². The van der Waals surface area contributed by atoms with Gasteiger partial charge in [0, 0.05) is 12.4 Å². The highest BCUT2D eigenvalue weighted by Gasteiger charge is 2.23. The molecule has 9 heteroatoms. The van der Waals surface area contributed by atoms with Gasteiger partial charge in [0.2, 0.25) is 5.03 Å². The van der Waals surface area contributed by atoms with Gasteiger partial charge in [-0.3, -0.25) is 4.72 Å². The Labute approximate surface area is 104 Å². The molecule has 2 aromatic rings. The van der Waals surface area contributed by atoms with Gasteiger partial charge in [-0.1, -0.05) is 5.21 Å². The molecule has 0 aromatic carbocycles. The van der Waals surface area contributed by atoms with Crippen LogP contribution < -0.4 is 4.72 Å². The lowest BCUT2D eigenvalue weighted by molar-refractivity contribution is 0.578. The maximum Gasteiger partial charge on any atom is 0.281 e. The molecule has 6 nitrogen and oxygen atoms in total. The van der Waals surface area contributed by atoms with E-state index < -0.39 is 10.0 Å². The molecule has 0 aliphatic rings. The molecule has 0 fully saturated rings. The lowest BCUT2D eigenvalue weighted by Crippen LogP contribution is -2.16. The average molecular weight is 323 g/mol. The van der Waals surface area contributed by atoms with Gasteiger partial charge in [0.25, 0.3) is 10.0 Å². The molecule has 2 rings (SSSR count). The van der Waals surface area contributed by atoms with Crippen molar-refractivity contribution in [2.45, 2.75) is 5.03 Å². The van der Waals surface area contributed by atoms with Gasteiger partial charge < -0.3 is 0 Å². The molecule has 0 saturated heterocycles. The van der Waals surface area contributed by atoms with Crippen LogP contribution in [0, 0.1) is 0 Å². The van der Waals surface area contributed by atoms with Crippen molar-refractivity contribution in [2.75, 3.05) is 4.72 Å². The van der Waals surface area contributed by atoms with Crippen LogP contribution >= 0.6 is 27.3 Å². The Morgan fingerprint density at radius 3 is 2.81 bits per heavy atom. The van der Waals surface area contributed by atoms with Gasteiger partial charge in [-0.2, -0.15) is 19.8 Å². The molecule has 1 N–H and O–H groups in total. The molecular weight excluding hydrogens is 316 g/mol. The van der Waals surface area contributed by atoms with E-state index in [9.17, 15) is 8.42 Å². The Morgan fingerprint density at radius 2 is 2.31 bits per heavy atom. The minimum Gasteiger partial charge on any atom is -0.277 e. The van der Waals surface area contributed by atoms with Crippen molar-refractivity contribution < 1.29 is 8.42 Å². The van der Waals surface area contributed by atoms with Gasteiger partial charge in [-0.05, 0) is 27.4 Å². The Hall–Kier alpha value is -0.930. The quantitative estimate of drug-likeness (QED) is 0.927. The maximum atomic E-state index is 12.0. The van der Waals surface area contributed by atoms with Gasteiger partial charge in [0.05, 0.1) is 5.69 Å². The van der Waals surface area contributed by atoms with E-state index in [4.69, 9.17) is 0 Å². The smallest absolute Gasteiger partial charge is 0.277 e. The number of nitrogens with one attached hydrogen (secondary N) is 1. The highest BCUT2D eigenvalue weighted by Crippen LogP contribution is 2.22. The molecule has 0 aliphatic heterocycles. The number of halogens is 1. The Kier molecular flexibility index (Phi) is 3.00. The summed E-state index contributed by atoms with van der Waals surface area (Å²) in [5, 5.41) is 10.7. The number of hydrogen-bond acceptors (Lipinski definition) is 5. The van der Waals surface area contributed by atoms with Crippen molar-refractivity contribution in [3.63, 3.8) is 0 Å². The Bertz CT molecular complexity index is 570. The summed E-state index contributed by atoms with van der Waals surface area (Å²) < 4.78 is 27.7. The summed E-state index contributed by atoms with van der Waals surface area (Å²) in [5.74, 6) is 0. The zero-order valence-electron chi connectivity index (χ0n) is 8.08. The Balaban J connectivity index is 2.40. The number of sulfonamides is 1. The zero-order chi connectivity index (χ0) is 11.8. The molecule has 0 bridgehead atoms. The van der Waals surface area contributed by atoms with E-state index in [2.05, 4.69) is 31.0 Å². The SMILES string of the molecule is Cn1nnc(Br)c1S(=O)(=O)Nc1ccsc1. The monoisotopic (exact) mass is 322 g/mol. The zero-order valence-corrected chi connectivity index (χ0v) is 11.3. The second-order valence-electron chi connectivity index (χ2n) is 2.93. The molecule has 86 valence electrons. The first kappa shape index (κ1) is 11.6. The second-order valence-corrected chi connectivity index (χ2v) is 6.06. The maximum absolute atomic E-state index is 12.0. The molecule has 0 unspecified atom stereocenters. The highest BCUT2D eigenvalue weighted by atomic mass is 79.9. The highest BCUT2D eigenvalue weighted by molar-refractivity contribution is 9.10. The van der Waals surface area contributed by atoms with Crippen molar-refractivity contribution in [3.05, 3.63) is 21.4 Å². The van der Waals surface area contributed by atoms with Crippen LogP contribution in [0.2, 0.25) is 0 Å². The molecular formula is C7H7BrN4O2S2. The third-order valence-corrected chi connectivity index (χ3v) is 4.72. The molecule has 0 saturated carbocycles. The first-order valence-corrected chi connectivity index (χ1v) is 7.33. The number of aryl methyl sites for hydroxylation is 1. The van der Waals surface area contributed by atoms with Crippen LogP contribution in [0.25, 0.3) is 0 Å². The summed E-state index contributed by atoms with van der Waals surface area (Å²) in [7, 11) is -2.14. The average Bonchev–Trinajstić information content (AvgIpc) is 2.76. The van der Waals surface area contributed by atoms with Gasteiger partial charge >= 0.3 is 0 Å². The predicted molar refractivity (Wildman–Crippen MR) is 63.8 cm³/mol. The minimum absolute atomic E-state index is 0.00120. The van der Waals surface area contributed by atoms with Crippen LogP contribution in [0.5, 0.6) is 0 Å². The van der Waals surface area contributed by atoms with Crippen molar-refractivity contribution in [1.82, 2.24) is 15.0 Å². The molecule has 0 amide bonds. The summed E-state index contributed by atoms with van der Waals surface area (Å²) in [6.45, 7) is 0. The van der Waals surface area contributed by atoms with E-state index in [1.165, 1.54) is 23.1 Å². The van der Waals surface area contributed by atoms with Gasteiger partial charge in [-0.25, -0.2) is 4.68 Å². The van der Waals surface area contributed by atoms with Crippen molar-refractivity contribution in [3.8, 4) is 0 Å². The number of thiophene rings is 1. The summed E-state index contributed by atoms with van der Waals surface area (Å²) in [4.78, 5) is 0. The predicted octanol–water partition coefficient (Wildman–Crippen LogP) is 1.44. The van der Waals surface area contributed by atoms with Crippen LogP contribution in [0.15, 0.2) is 26.5 Å². The van der Waals surface area contributed by atoms with Crippen LogP contribution in [0.3, 0.4) is 0 Å². The molecule has 2 aromatic heterocycles. The van der Waals surface area contributed by atoms with Crippen molar-refractivity contribution in [2.24, 2.45) is 7.05 Å². The number of nitrogens with zero attached hydrogens (tertiary/aromatic N) is 3. The third-order valence-electron chi connectivity index (χ3n) is 1.77. The van der Waals surface area contributed by atoms with Gasteiger partial charge in [-0.15, -0.1) is 5.10 Å². The van der Waals surface area contributed by atoms with Crippen LogP contribution in [0.4, 0.5) is 5.69 Å². The summed E-state index contributed by atoms with van der Waals surface area (Å²) in [5.41, 5.74) is 0.526. The molecule has 2 heterocycles. The van der Waals surface area contributed by atoms with E-state index in [1.807, 2.05) is 0 Å². The minimum atomic E-state index is -3.65. The van der Waals surface area contributed by atoms with Crippen molar-refractivity contribution >= 4 is 43.0 Å². The van der Waals surface area contributed by atoms with Crippen LogP contribution in [0.1, 0.15) is 0 Å². The standard InChI is InChI=1S/C7H7BrN4O2S2/c1-12-7(6(8)9-11-12)16(13,14)10-5-2-3-15-4-5/h2-4,10H,1H3. The Morgan fingerprint density at radius 1 is 1.56 bits per heavy atom. The van der Waals surface area contributed by atoms with E-state index >= 15 is 0 Å². The first-order chi connectivity index (χ1) is 7.50. The van der Waals surface area contributed by atoms with E-state index in [1.54, 1.807) is 16.8 Å². The van der Waals surface area contributed by atoms with E-state index in [0.717, 1.165) is 0 Å². The fraction of sp³-hybridized carbons (Fsp3) is 0.143. The number of anilines is 1. The van der Waals surface area contributed by atoms with Gasteiger partial charge in [0.1, 0.15) is 0 Å². The first-order valence-electron chi connectivity index (χ1n) is 4.11. The van der Waals surface area contributed by atoms with Crippen LogP contribution in [-0.4, -0.2) is 23.4 Å². The summed E-state index contributed by atoms with van der Waals surface area (Å²) in [6.07, 6.45) is 0.